The Balaban J connectivity index is 1.38. The van der Waals surface area contributed by atoms with E-state index in [2.05, 4.69) is 4.99 Å². The number of carbonyl (C=O) groups excluding carboxylic acids is 2. The van der Waals surface area contributed by atoms with Crippen LogP contribution in [-0.4, -0.2) is 17.9 Å². The molecule has 0 saturated carbocycles. The van der Waals surface area contributed by atoms with Crippen molar-refractivity contribution in [1.29, 1.82) is 0 Å². The van der Waals surface area contributed by atoms with E-state index in [4.69, 9.17) is 20.9 Å². The van der Waals surface area contributed by atoms with Gasteiger partial charge in [0.05, 0.1) is 16.8 Å². The van der Waals surface area contributed by atoms with Crippen LogP contribution in [0.1, 0.15) is 31.8 Å². The molecule has 0 aliphatic rings. The van der Waals surface area contributed by atoms with Gasteiger partial charge in [-0.05, 0) is 60.0 Å². The van der Waals surface area contributed by atoms with Crippen molar-refractivity contribution in [3.63, 3.8) is 0 Å². The van der Waals surface area contributed by atoms with Gasteiger partial charge in [0.1, 0.15) is 12.4 Å². The van der Waals surface area contributed by atoms with Gasteiger partial charge in [-0.15, -0.1) is 0 Å². The van der Waals surface area contributed by atoms with Crippen molar-refractivity contribution in [2.45, 2.75) is 13.5 Å². The third-order valence-corrected chi connectivity index (χ3v) is 5.38. The second-order valence-corrected chi connectivity index (χ2v) is 8.11. The first-order chi connectivity index (χ1) is 17.4. The second-order valence-electron chi connectivity index (χ2n) is 8.11. The quantitative estimate of drug-likeness (QED) is 0.164. The zero-order chi connectivity index (χ0) is 25.5. The molecule has 0 aliphatic heterocycles. The molecule has 0 unspecified atom stereocenters. The van der Waals surface area contributed by atoms with Gasteiger partial charge in [0.2, 0.25) is 0 Å². The number of hydrogen-bond acceptors (Lipinski definition) is 5. The van der Waals surface area contributed by atoms with E-state index in [9.17, 15) is 9.59 Å². The molecule has 7 nitrogen and oxygen atoms in total. The first kappa shape index (κ1) is 24.2. The van der Waals surface area contributed by atoms with Crippen LogP contribution in [0, 0.1) is 6.92 Å². The van der Waals surface area contributed by atoms with E-state index in [1.54, 1.807) is 48.5 Å². The SMILES string of the molecule is Cc1ccc(COC(=O)c2ccc(-c3ccc(OC(=O)c4ccccc4N=C(N)N)cc3)cc2)cc1. The molecule has 36 heavy (non-hydrogen) atoms. The highest BCUT2D eigenvalue weighted by molar-refractivity contribution is 5.97. The molecule has 0 amide bonds. The largest absolute Gasteiger partial charge is 0.457 e. The molecule has 0 aliphatic carbocycles. The third kappa shape index (κ3) is 6.15. The molecule has 0 heterocycles. The summed E-state index contributed by atoms with van der Waals surface area (Å²) in [6, 6.07) is 28.7. The average molecular weight is 480 g/mol. The summed E-state index contributed by atoms with van der Waals surface area (Å²) in [5.41, 5.74) is 15.8. The van der Waals surface area contributed by atoms with Crippen molar-refractivity contribution in [3.8, 4) is 16.9 Å². The Hall–Kier alpha value is -4.91. The summed E-state index contributed by atoms with van der Waals surface area (Å²) in [7, 11) is 0. The van der Waals surface area contributed by atoms with Gasteiger partial charge in [-0.1, -0.05) is 66.2 Å². The summed E-state index contributed by atoms with van der Waals surface area (Å²) < 4.78 is 10.9. The summed E-state index contributed by atoms with van der Waals surface area (Å²) in [4.78, 5) is 29.0. The molecule has 4 N–H and O–H groups in total. The Morgan fingerprint density at radius 2 is 1.36 bits per heavy atom. The number of aliphatic imine (C=N–C) groups is 1. The van der Waals surface area contributed by atoms with E-state index in [-0.39, 0.29) is 24.1 Å². The molecule has 0 saturated heterocycles. The molecule has 0 atom stereocenters. The number of rotatable bonds is 7. The van der Waals surface area contributed by atoms with Crippen LogP contribution in [-0.2, 0) is 11.3 Å². The average Bonchev–Trinajstić information content (AvgIpc) is 2.88. The molecular formula is C29H25N3O4. The van der Waals surface area contributed by atoms with Crippen molar-refractivity contribution >= 4 is 23.6 Å². The first-order valence-corrected chi connectivity index (χ1v) is 11.2. The first-order valence-electron chi connectivity index (χ1n) is 11.2. The normalized spacial score (nSPS) is 10.4. The minimum atomic E-state index is -0.572. The second kappa shape index (κ2) is 11.0. The minimum absolute atomic E-state index is 0.148. The fourth-order valence-corrected chi connectivity index (χ4v) is 3.48. The summed E-state index contributed by atoms with van der Waals surface area (Å²) in [5, 5.41) is 0. The van der Waals surface area contributed by atoms with Crippen LogP contribution in [0.25, 0.3) is 11.1 Å². The van der Waals surface area contributed by atoms with Crippen molar-refractivity contribution in [2.75, 3.05) is 0 Å². The Kier molecular flexibility index (Phi) is 7.41. The van der Waals surface area contributed by atoms with Crippen molar-refractivity contribution in [2.24, 2.45) is 16.5 Å². The molecule has 4 rings (SSSR count). The summed E-state index contributed by atoms with van der Waals surface area (Å²) in [6.07, 6.45) is 0. The van der Waals surface area contributed by atoms with Crippen LogP contribution in [0.5, 0.6) is 5.75 Å². The Bertz CT molecular complexity index is 1390. The molecule has 0 spiro atoms. The number of aryl methyl sites for hydroxylation is 1. The van der Waals surface area contributed by atoms with Crippen LogP contribution < -0.4 is 16.2 Å². The van der Waals surface area contributed by atoms with E-state index in [0.29, 0.717) is 17.0 Å². The van der Waals surface area contributed by atoms with Gasteiger partial charge in [-0.2, -0.15) is 0 Å². The fourth-order valence-electron chi connectivity index (χ4n) is 3.48. The molecule has 0 fully saturated rings. The molecule has 0 aromatic heterocycles. The molecule has 4 aromatic carbocycles. The van der Waals surface area contributed by atoms with Crippen molar-refractivity contribution < 1.29 is 19.1 Å². The van der Waals surface area contributed by atoms with E-state index >= 15 is 0 Å². The number of hydrogen-bond donors (Lipinski definition) is 2. The van der Waals surface area contributed by atoms with E-state index < -0.39 is 5.97 Å². The van der Waals surface area contributed by atoms with Gasteiger partial charge in [0, 0.05) is 0 Å². The highest BCUT2D eigenvalue weighted by Crippen LogP contribution is 2.25. The summed E-state index contributed by atoms with van der Waals surface area (Å²) >= 11 is 0. The number of para-hydroxylation sites is 1. The monoisotopic (exact) mass is 479 g/mol. The number of nitrogens with zero attached hydrogens (tertiary/aromatic N) is 1. The van der Waals surface area contributed by atoms with Crippen molar-refractivity contribution in [1.82, 2.24) is 0 Å². The maximum atomic E-state index is 12.6. The van der Waals surface area contributed by atoms with E-state index in [0.717, 1.165) is 22.3 Å². The summed E-state index contributed by atoms with van der Waals surface area (Å²) in [6.45, 7) is 2.23. The number of carbonyl (C=O) groups is 2. The van der Waals surface area contributed by atoms with E-state index in [1.165, 1.54) is 0 Å². The Morgan fingerprint density at radius 3 is 2.00 bits per heavy atom. The number of guanidine groups is 1. The van der Waals surface area contributed by atoms with Gasteiger partial charge in [-0.25, -0.2) is 14.6 Å². The van der Waals surface area contributed by atoms with Crippen LogP contribution in [0.3, 0.4) is 0 Å². The lowest BCUT2D eigenvalue weighted by molar-refractivity contribution is 0.0472. The number of benzene rings is 4. The molecule has 0 radical (unpaired) electrons. The van der Waals surface area contributed by atoms with Crippen LogP contribution in [0.2, 0.25) is 0 Å². The number of nitrogens with two attached hydrogens (primary N) is 2. The van der Waals surface area contributed by atoms with Gasteiger partial charge >= 0.3 is 11.9 Å². The fraction of sp³-hybridized carbons (Fsp3) is 0.0690. The van der Waals surface area contributed by atoms with Gasteiger partial charge < -0.3 is 20.9 Å². The summed E-state index contributed by atoms with van der Waals surface area (Å²) in [5.74, 6) is -0.730. The van der Waals surface area contributed by atoms with Crippen LogP contribution in [0.15, 0.2) is 102 Å². The lowest BCUT2D eigenvalue weighted by Crippen LogP contribution is -2.22. The van der Waals surface area contributed by atoms with Gasteiger partial charge in [0.25, 0.3) is 0 Å². The molecular weight excluding hydrogens is 454 g/mol. The molecule has 0 bridgehead atoms. The molecule has 180 valence electrons. The van der Waals surface area contributed by atoms with E-state index in [1.807, 2.05) is 55.5 Å². The zero-order valence-electron chi connectivity index (χ0n) is 19.7. The highest BCUT2D eigenvalue weighted by atomic mass is 16.5. The Labute approximate surface area is 209 Å². The topological polar surface area (TPSA) is 117 Å². The maximum absolute atomic E-state index is 12.6. The standard InChI is InChI=1S/C29H25N3O4/c1-19-6-8-20(9-7-19)18-35-27(33)23-12-10-21(11-13-23)22-14-16-24(17-15-22)36-28(34)25-4-2-3-5-26(25)32-29(30)31/h2-17H,18H2,1H3,(H4,30,31,32). The smallest absolute Gasteiger partial charge is 0.345 e. The van der Waals surface area contributed by atoms with Crippen LogP contribution >= 0.6 is 0 Å². The maximum Gasteiger partial charge on any atom is 0.345 e. The van der Waals surface area contributed by atoms with Gasteiger partial charge in [0.15, 0.2) is 5.96 Å². The molecule has 7 heteroatoms. The predicted molar refractivity (Wildman–Crippen MR) is 139 cm³/mol. The minimum Gasteiger partial charge on any atom is -0.457 e. The number of ether oxygens (including phenoxy) is 2. The van der Waals surface area contributed by atoms with Crippen LogP contribution in [0.4, 0.5) is 5.69 Å². The zero-order valence-corrected chi connectivity index (χ0v) is 19.7. The Morgan fingerprint density at radius 1 is 0.750 bits per heavy atom. The predicted octanol–water partition coefficient (Wildman–Crippen LogP) is 5.14. The lowest BCUT2D eigenvalue weighted by Gasteiger charge is -2.09. The van der Waals surface area contributed by atoms with Gasteiger partial charge in [-0.3, -0.25) is 0 Å². The number of esters is 2. The molecule has 4 aromatic rings. The third-order valence-electron chi connectivity index (χ3n) is 5.38. The van der Waals surface area contributed by atoms with Crippen molar-refractivity contribution in [3.05, 3.63) is 119 Å². The lowest BCUT2D eigenvalue weighted by atomic mass is 10.0. The highest BCUT2D eigenvalue weighted by Gasteiger charge is 2.14.